The van der Waals surface area contributed by atoms with E-state index in [-0.39, 0.29) is 17.7 Å². The average molecular weight is 342 g/mol. The minimum absolute atomic E-state index is 0.0175. The summed E-state index contributed by atoms with van der Waals surface area (Å²) >= 11 is 0. The molecule has 0 unspecified atom stereocenters. The van der Waals surface area contributed by atoms with E-state index in [0.717, 1.165) is 16.5 Å². The van der Waals surface area contributed by atoms with Crippen molar-refractivity contribution in [3.63, 3.8) is 0 Å². The summed E-state index contributed by atoms with van der Waals surface area (Å²) in [5.41, 5.74) is 8.31. The van der Waals surface area contributed by atoms with E-state index in [4.69, 9.17) is 5.73 Å². The Morgan fingerprint density at radius 1 is 1.28 bits per heavy atom. The van der Waals surface area contributed by atoms with Crippen molar-refractivity contribution in [1.29, 1.82) is 0 Å². The number of H-pyrrole nitrogens is 1. The molecule has 134 valence electrons. The van der Waals surface area contributed by atoms with Crippen LogP contribution in [-0.2, 0) is 16.0 Å². The molecule has 6 nitrogen and oxygen atoms in total. The van der Waals surface area contributed by atoms with Crippen molar-refractivity contribution in [3.8, 4) is 0 Å². The van der Waals surface area contributed by atoms with Crippen LogP contribution in [0.25, 0.3) is 10.9 Å². The number of nitrogens with zero attached hydrogens (tertiary/aromatic N) is 2. The quantitative estimate of drug-likeness (QED) is 0.880. The monoisotopic (exact) mass is 342 g/mol. The summed E-state index contributed by atoms with van der Waals surface area (Å²) in [6, 6.07) is 7.46. The molecule has 1 aliphatic rings. The highest BCUT2D eigenvalue weighted by Gasteiger charge is 2.30. The number of carbonyl (C=O) groups excluding carboxylic acids is 2. The smallest absolute Gasteiger partial charge is 0.239 e. The Labute approximate surface area is 148 Å². The van der Waals surface area contributed by atoms with Crippen molar-refractivity contribution in [2.24, 2.45) is 11.7 Å². The van der Waals surface area contributed by atoms with Crippen LogP contribution in [0.2, 0.25) is 0 Å². The fraction of sp³-hybridized carbons (Fsp3) is 0.474. The highest BCUT2D eigenvalue weighted by Crippen LogP contribution is 2.22. The number of nitrogens with one attached hydrogen (secondary N) is 1. The standard InChI is InChI=1S/C19H26N4O2/c1-22(2)18(24)13-7-9-23(10-8-13)19(25)16(20)11-14-12-21-17-6-4-3-5-15(14)17/h3-6,12-13,16,21H,7-11,20H2,1-2H3/t16-/m0/s1. The van der Waals surface area contributed by atoms with Crippen molar-refractivity contribution in [2.75, 3.05) is 27.2 Å². The first-order valence-corrected chi connectivity index (χ1v) is 8.78. The highest BCUT2D eigenvalue weighted by atomic mass is 16.2. The van der Waals surface area contributed by atoms with Gasteiger partial charge in [0.1, 0.15) is 0 Å². The third-order valence-corrected chi connectivity index (χ3v) is 5.03. The van der Waals surface area contributed by atoms with Gasteiger partial charge in [-0.05, 0) is 30.9 Å². The summed E-state index contributed by atoms with van der Waals surface area (Å²) in [5, 5.41) is 1.11. The number of fused-ring (bicyclic) bond motifs is 1. The predicted molar refractivity (Wildman–Crippen MR) is 98.0 cm³/mol. The molecule has 0 saturated carbocycles. The van der Waals surface area contributed by atoms with E-state index < -0.39 is 6.04 Å². The molecule has 1 aliphatic heterocycles. The predicted octanol–water partition coefficient (Wildman–Crippen LogP) is 1.36. The Hall–Kier alpha value is -2.34. The largest absolute Gasteiger partial charge is 0.361 e. The molecule has 0 spiro atoms. The van der Waals surface area contributed by atoms with E-state index in [1.165, 1.54) is 0 Å². The Morgan fingerprint density at radius 3 is 2.64 bits per heavy atom. The molecule has 3 rings (SSSR count). The Morgan fingerprint density at radius 2 is 1.96 bits per heavy atom. The van der Waals surface area contributed by atoms with Crippen LogP contribution in [0.3, 0.4) is 0 Å². The molecule has 0 radical (unpaired) electrons. The van der Waals surface area contributed by atoms with Crippen molar-refractivity contribution in [2.45, 2.75) is 25.3 Å². The third-order valence-electron chi connectivity index (χ3n) is 5.03. The van der Waals surface area contributed by atoms with Crippen LogP contribution in [0.1, 0.15) is 18.4 Å². The van der Waals surface area contributed by atoms with Gasteiger partial charge in [0.2, 0.25) is 11.8 Å². The van der Waals surface area contributed by atoms with E-state index in [9.17, 15) is 9.59 Å². The van der Waals surface area contributed by atoms with Gasteiger partial charge in [0.05, 0.1) is 6.04 Å². The molecule has 2 aromatic rings. The second kappa shape index (κ2) is 7.27. The molecule has 2 heterocycles. The lowest BCUT2D eigenvalue weighted by Crippen LogP contribution is -2.49. The Kier molecular flexibility index (Phi) is 5.08. The fourth-order valence-corrected chi connectivity index (χ4v) is 3.57. The first-order valence-electron chi connectivity index (χ1n) is 8.78. The Bertz CT molecular complexity index is 760. The van der Waals surface area contributed by atoms with Crippen LogP contribution in [0.15, 0.2) is 30.5 Å². The number of piperidine rings is 1. The number of nitrogens with two attached hydrogens (primary N) is 1. The van der Waals surface area contributed by atoms with Crippen molar-refractivity contribution < 1.29 is 9.59 Å². The van der Waals surface area contributed by atoms with Gasteiger partial charge in [-0.25, -0.2) is 0 Å². The zero-order valence-electron chi connectivity index (χ0n) is 14.9. The molecule has 1 aromatic carbocycles. The number of rotatable bonds is 4. The van der Waals surface area contributed by atoms with Gasteiger partial charge in [0, 0.05) is 50.2 Å². The van der Waals surface area contributed by atoms with Gasteiger partial charge in [-0.15, -0.1) is 0 Å². The van der Waals surface area contributed by atoms with E-state index in [0.29, 0.717) is 32.4 Å². The molecule has 0 aliphatic carbocycles. The summed E-state index contributed by atoms with van der Waals surface area (Å²) < 4.78 is 0. The number of para-hydroxylation sites is 1. The van der Waals surface area contributed by atoms with Crippen LogP contribution in [0.5, 0.6) is 0 Å². The van der Waals surface area contributed by atoms with Gasteiger partial charge in [0.25, 0.3) is 0 Å². The lowest BCUT2D eigenvalue weighted by atomic mass is 9.94. The molecule has 1 saturated heterocycles. The van der Waals surface area contributed by atoms with Gasteiger partial charge < -0.3 is 20.5 Å². The first kappa shape index (κ1) is 17.5. The Balaban J connectivity index is 1.59. The zero-order chi connectivity index (χ0) is 18.0. The topological polar surface area (TPSA) is 82.4 Å². The van der Waals surface area contributed by atoms with Gasteiger partial charge >= 0.3 is 0 Å². The van der Waals surface area contributed by atoms with E-state index in [1.54, 1.807) is 23.9 Å². The summed E-state index contributed by atoms with van der Waals surface area (Å²) in [4.78, 5) is 31.4. The van der Waals surface area contributed by atoms with Crippen LogP contribution >= 0.6 is 0 Å². The van der Waals surface area contributed by atoms with Crippen molar-refractivity contribution in [1.82, 2.24) is 14.8 Å². The van der Waals surface area contributed by atoms with Crippen LogP contribution in [0.4, 0.5) is 0 Å². The number of aromatic amines is 1. The summed E-state index contributed by atoms with van der Waals surface area (Å²) in [7, 11) is 3.55. The lowest BCUT2D eigenvalue weighted by molar-refractivity contribution is -0.139. The number of benzene rings is 1. The van der Waals surface area contributed by atoms with E-state index in [1.807, 2.05) is 30.5 Å². The summed E-state index contributed by atoms with van der Waals surface area (Å²) in [6.45, 7) is 1.20. The summed E-state index contributed by atoms with van der Waals surface area (Å²) in [5.74, 6) is 0.139. The molecule has 0 bridgehead atoms. The van der Waals surface area contributed by atoms with E-state index >= 15 is 0 Å². The van der Waals surface area contributed by atoms with Crippen molar-refractivity contribution >= 4 is 22.7 Å². The van der Waals surface area contributed by atoms with Crippen LogP contribution in [-0.4, -0.2) is 59.8 Å². The van der Waals surface area contributed by atoms with Gasteiger partial charge in [-0.3, -0.25) is 9.59 Å². The number of hydrogen-bond donors (Lipinski definition) is 2. The molecular formula is C19H26N4O2. The minimum Gasteiger partial charge on any atom is -0.361 e. The number of aromatic nitrogens is 1. The maximum Gasteiger partial charge on any atom is 0.239 e. The normalized spacial score (nSPS) is 16.8. The van der Waals surface area contributed by atoms with E-state index in [2.05, 4.69) is 4.98 Å². The fourth-order valence-electron chi connectivity index (χ4n) is 3.57. The molecule has 3 N–H and O–H groups in total. The molecule has 1 atom stereocenters. The third kappa shape index (κ3) is 3.69. The maximum atomic E-state index is 12.7. The number of amides is 2. The minimum atomic E-state index is -0.555. The zero-order valence-corrected chi connectivity index (χ0v) is 14.9. The van der Waals surface area contributed by atoms with Crippen LogP contribution < -0.4 is 5.73 Å². The number of hydrogen-bond acceptors (Lipinski definition) is 3. The molecule has 25 heavy (non-hydrogen) atoms. The lowest BCUT2D eigenvalue weighted by Gasteiger charge is -2.33. The maximum absolute atomic E-state index is 12.7. The first-order chi connectivity index (χ1) is 12.0. The highest BCUT2D eigenvalue weighted by molar-refractivity contribution is 5.86. The number of carbonyl (C=O) groups is 2. The SMILES string of the molecule is CN(C)C(=O)C1CCN(C(=O)[C@@H](N)Cc2c[nH]c3ccccc23)CC1. The average Bonchev–Trinajstić information content (AvgIpc) is 3.03. The second-order valence-corrected chi connectivity index (χ2v) is 7.00. The van der Waals surface area contributed by atoms with Crippen LogP contribution in [0, 0.1) is 5.92 Å². The van der Waals surface area contributed by atoms with Gasteiger partial charge in [-0.2, -0.15) is 0 Å². The molecule has 1 fully saturated rings. The number of likely N-dealkylation sites (tertiary alicyclic amines) is 1. The molecule has 1 aromatic heterocycles. The second-order valence-electron chi connectivity index (χ2n) is 7.00. The van der Waals surface area contributed by atoms with Crippen molar-refractivity contribution in [3.05, 3.63) is 36.0 Å². The molecule has 6 heteroatoms. The molecular weight excluding hydrogens is 316 g/mol. The van der Waals surface area contributed by atoms with Gasteiger partial charge in [-0.1, -0.05) is 18.2 Å². The van der Waals surface area contributed by atoms with Gasteiger partial charge in [0.15, 0.2) is 0 Å². The summed E-state index contributed by atoms with van der Waals surface area (Å²) in [6.07, 6.45) is 3.87. The molecule has 2 amide bonds.